The van der Waals surface area contributed by atoms with Gasteiger partial charge in [-0.3, -0.25) is 14.4 Å². The van der Waals surface area contributed by atoms with E-state index in [1.807, 2.05) is 4.90 Å². The molecule has 1 aromatic rings. The summed E-state index contributed by atoms with van der Waals surface area (Å²) in [6.07, 6.45) is -3.39. The Morgan fingerprint density at radius 3 is 2.50 bits per heavy atom. The topological polar surface area (TPSA) is 53.4 Å². The molecule has 3 rings (SSSR count). The van der Waals surface area contributed by atoms with Gasteiger partial charge in [-0.1, -0.05) is 0 Å². The summed E-state index contributed by atoms with van der Waals surface area (Å²) in [7, 11) is 0. The van der Waals surface area contributed by atoms with Crippen LogP contribution in [0.15, 0.2) is 0 Å². The molecule has 2 fully saturated rings. The predicted molar refractivity (Wildman–Crippen MR) is 103 cm³/mol. The van der Waals surface area contributed by atoms with Crippen molar-refractivity contribution in [2.24, 2.45) is 0 Å². The van der Waals surface area contributed by atoms with Gasteiger partial charge in [-0.15, -0.1) is 12.4 Å². The Balaban J connectivity index is 0.00000280. The molecule has 6 nitrogen and oxygen atoms in total. The molecule has 2 unspecified atom stereocenters. The molecule has 160 valence electrons. The van der Waals surface area contributed by atoms with Crippen molar-refractivity contribution in [2.75, 3.05) is 39.3 Å². The maximum atomic E-state index is 13.0. The second-order valence-electron chi connectivity index (χ2n) is 7.59. The van der Waals surface area contributed by atoms with Crippen LogP contribution in [0.3, 0.4) is 0 Å². The largest absolute Gasteiger partial charge is 0.408 e. The number of halogens is 4. The third kappa shape index (κ3) is 4.99. The number of aryl methyl sites for hydroxylation is 1. The summed E-state index contributed by atoms with van der Waals surface area (Å²) in [5, 5.41) is 7.36. The lowest BCUT2D eigenvalue weighted by Gasteiger charge is -2.32. The van der Waals surface area contributed by atoms with Gasteiger partial charge in [-0.05, 0) is 27.2 Å². The van der Waals surface area contributed by atoms with Gasteiger partial charge < -0.3 is 10.2 Å². The van der Waals surface area contributed by atoms with Gasteiger partial charge in [-0.2, -0.15) is 18.3 Å². The quantitative estimate of drug-likeness (QED) is 0.805. The van der Waals surface area contributed by atoms with Crippen molar-refractivity contribution in [1.82, 2.24) is 24.9 Å². The van der Waals surface area contributed by atoms with Gasteiger partial charge >= 0.3 is 6.18 Å². The number of nitrogens with one attached hydrogen (secondary N) is 1. The average molecular weight is 424 g/mol. The number of amides is 1. The van der Waals surface area contributed by atoms with E-state index in [0.29, 0.717) is 36.1 Å². The molecule has 2 aliphatic heterocycles. The number of carbonyl (C=O) groups excluding carboxylic acids is 1. The Morgan fingerprint density at radius 2 is 1.89 bits per heavy atom. The molecule has 0 aliphatic carbocycles. The summed E-state index contributed by atoms with van der Waals surface area (Å²) in [4.78, 5) is 17.3. The van der Waals surface area contributed by atoms with Crippen LogP contribution in [0.1, 0.15) is 36.2 Å². The zero-order valence-electron chi connectivity index (χ0n) is 16.6. The lowest BCUT2D eigenvalue weighted by Crippen LogP contribution is -2.49. The van der Waals surface area contributed by atoms with E-state index in [1.165, 1.54) is 0 Å². The zero-order chi connectivity index (χ0) is 19.8. The van der Waals surface area contributed by atoms with Gasteiger partial charge in [0.15, 0.2) is 0 Å². The van der Waals surface area contributed by atoms with Crippen LogP contribution in [-0.4, -0.2) is 77.0 Å². The van der Waals surface area contributed by atoms with Gasteiger partial charge in [0, 0.05) is 56.6 Å². The Bertz CT molecular complexity index is 687. The minimum absolute atomic E-state index is 0. The van der Waals surface area contributed by atoms with Crippen LogP contribution >= 0.6 is 12.4 Å². The Hall–Kier alpha value is -1.32. The van der Waals surface area contributed by atoms with E-state index in [0.717, 1.165) is 37.3 Å². The molecule has 1 N–H and O–H groups in total. The number of rotatable bonds is 4. The van der Waals surface area contributed by atoms with Crippen molar-refractivity contribution in [1.29, 1.82) is 0 Å². The Kier molecular flexibility index (Phi) is 7.38. The summed E-state index contributed by atoms with van der Waals surface area (Å²) in [6.45, 7) is 9.24. The van der Waals surface area contributed by atoms with E-state index in [1.54, 1.807) is 20.8 Å². The van der Waals surface area contributed by atoms with Crippen LogP contribution in [0.4, 0.5) is 13.2 Å². The van der Waals surface area contributed by atoms with Crippen LogP contribution in [-0.2, 0) is 11.3 Å². The molecular formula is C18H29ClF3N5O. The number of nitrogens with zero attached hydrogens (tertiary/aromatic N) is 4. The van der Waals surface area contributed by atoms with E-state index in [-0.39, 0.29) is 18.3 Å². The molecule has 1 amide bonds. The fourth-order valence-corrected chi connectivity index (χ4v) is 4.35. The molecular weight excluding hydrogens is 395 g/mol. The van der Waals surface area contributed by atoms with Crippen molar-refractivity contribution < 1.29 is 18.0 Å². The summed E-state index contributed by atoms with van der Waals surface area (Å²) in [5.41, 5.74) is 1.54. The van der Waals surface area contributed by atoms with Crippen LogP contribution in [0.5, 0.6) is 0 Å². The molecule has 0 bridgehead atoms. The number of hydrogen-bond donors (Lipinski definition) is 1. The molecule has 28 heavy (non-hydrogen) atoms. The summed E-state index contributed by atoms with van der Waals surface area (Å²) >= 11 is 0. The van der Waals surface area contributed by atoms with E-state index >= 15 is 0 Å². The highest BCUT2D eigenvalue weighted by atomic mass is 35.5. The average Bonchev–Trinajstić information content (AvgIpc) is 3.19. The summed E-state index contributed by atoms with van der Waals surface area (Å²) in [6, 6.07) is 0.374. The fourth-order valence-electron chi connectivity index (χ4n) is 4.35. The standard InChI is InChI=1S/C18H28F3N5O.ClH/c1-12(16-13(2)23-26(14(16)3)11-18(19,20)21)17(27)25-7-4-15(10-25)24-8-5-22-6-9-24;/h12,15,22H,4-11H2,1-3H3;1H. The maximum Gasteiger partial charge on any atom is 0.408 e. The molecule has 0 radical (unpaired) electrons. The monoisotopic (exact) mass is 423 g/mol. The van der Waals surface area contributed by atoms with Crippen molar-refractivity contribution in [3.63, 3.8) is 0 Å². The van der Waals surface area contributed by atoms with Crippen molar-refractivity contribution in [3.05, 3.63) is 17.0 Å². The number of piperazine rings is 1. The first kappa shape index (κ1) is 23.0. The normalized spacial score (nSPS) is 22.2. The first-order valence-electron chi connectivity index (χ1n) is 9.51. The van der Waals surface area contributed by atoms with Crippen LogP contribution in [0.2, 0.25) is 0 Å². The van der Waals surface area contributed by atoms with E-state index < -0.39 is 18.6 Å². The second kappa shape index (κ2) is 9.00. The molecule has 10 heteroatoms. The second-order valence-corrected chi connectivity index (χ2v) is 7.59. The van der Waals surface area contributed by atoms with Gasteiger partial charge in [0.25, 0.3) is 0 Å². The number of aromatic nitrogens is 2. The van der Waals surface area contributed by atoms with E-state index in [2.05, 4.69) is 15.3 Å². The third-order valence-electron chi connectivity index (χ3n) is 5.71. The Morgan fingerprint density at radius 1 is 1.25 bits per heavy atom. The highest BCUT2D eigenvalue weighted by Gasteiger charge is 2.36. The number of carbonyl (C=O) groups is 1. The van der Waals surface area contributed by atoms with Crippen LogP contribution in [0.25, 0.3) is 0 Å². The maximum absolute atomic E-state index is 13.0. The molecule has 3 heterocycles. The molecule has 0 saturated carbocycles. The van der Waals surface area contributed by atoms with Gasteiger partial charge in [0.2, 0.25) is 5.91 Å². The third-order valence-corrected chi connectivity index (χ3v) is 5.71. The molecule has 2 atom stereocenters. The number of alkyl halides is 3. The van der Waals surface area contributed by atoms with Gasteiger partial charge in [0.05, 0.1) is 11.6 Å². The number of hydrogen-bond acceptors (Lipinski definition) is 4. The molecule has 2 aliphatic rings. The molecule has 1 aromatic heterocycles. The lowest BCUT2D eigenvalue weighted by atomic mass is 9.97. The zero-order valence-corrected chi connectivity index (χ0v) is 17.4. The number of likely N-dealkylation sites (tertiary alicyclic amines) is 1. The molecule has 0 aromatic carbocycles. The first-order chi connectivity index (χ1) is 12.7. The van der Waals surface area contributed by atoms with Crippen LogP contribution < -0.4 is 5.32 Å². The van der Waals surface area contributed by atoms with Crippen molar-refractivity contribution in [3.8, 4) is 0 Å². The van der Waals surface area contributed by atoms with E-state index in [4.69, 9.17) is 0 Å². The minimum atomic E-state index is -4.33. The molecule has 2 saturated heterocycles. The molecule has 0 spiro atoms. The lowest BCUT2D eigenvalue weighted by molar-refractivity contribution is -0.143. The SMILES string of the molecule is Cc1nn(CC(F)(F)F)c(C)c1C(C)C(=O)N1CCC(N2CCNCC2)C1.Cl. The van der Waals surface area contributed by atoms with Crippen molar-refractivity contribution in [2.45, 2.75) is 51.9 Å². The highest BCUT2D eigenvalue weighted by Crippen LogP contribution is 2.29. The summed E-state index contributed by atoms with van der Waals surface area (Å²) < 4.78 is 39.2. The van der Waals surface area contributed by atoms with Gasteiger partial charge in [-0.25, -0.2) is 0 Å². The highest BCUT2D eigenvalue weighted by molar-refractivity contribution is 5.85. The van der Waals surface area contributed by atoms with E-state index in [9.17, 15) is 18.0 Å². The smallest absolute Gasteiger partial charge is 0.341 e. The minimum Gasteiger partial charge on any atom is -0.341 e. The van der Waals surface area contributed by atoms with Crippen molar-refractivity contribution >= 4 is 18.3 Å². The van der Waals surface area contributed by atoms with Crippen LogP contribution in [0, 0.1) is 13.8 Å². The predicted octanol–water partition coefficient (Wildman–Crippen LogP) is 2.09. The first-order valence-corrected chi connectivity index (χ1v) is 9.51. The fraction of sp³-hybridized carbons (Fsp3) is 0.778. The summed E-state index contributed by atoms with van der Waals surface area (Å²) in [5.74, 6) is -0.515. The Labute approximate surface area is 169 Å². The van der Waals surface area contributed by atoms with Gasteiger partial charge in [0.1, 0.15) is 6.54 Å².